The SMILES string of the molecule is CNCc1cc(F)cc(OCCCCC#N)c1. The third kappa shape index (κ3) is 5.32. The quantitative estimate of drug-likeness (QED) is 0.740. The Labute approximate surface area is 101 Å². The number of hydrogen-bond donors (Lipinski definition) is 1. The second kappa shape index (κ2) is 7.64. The van der Waals surface area contributed by atoms with E-state index >= 15 is 0 Å². The van der Waals surface area contributed by atoms with Crippen molar-refractivity contribution in [1.82, 2.24) is 5.32 Å². The molecule has 0 heterocycles. The van der Waals surface area contributed by atoms with Crippen molar-refractivity contribution in [3.63, 3.8) is 0 Å². The fourth-order valence-corrected chi connectivity index (χ4v) is 1.51. The molecule has 3 nitrogen and oxygen atoms in total. The summed E-state index contributed by atoms with van der Waals surface area (Å²) in [5.74, 6) is 0.261. The molecule has 0 unspecified atom stereocenters. The Kier molecular flexibility index (Phi) is 6.05. The van der Waals surface area contributed by atoms with Crippen molar-refractivity contribution in [2.75, 3.05) is 13.7 Å². The summed E-state index contributed by atoms with van der Waals surface area (Å²) in [6, 6.07) is 6.76. The second-order valence-electron chi connectivity index (χ2n) is 3.79. The highest BCUT2D eigenvalue weighted by Crippen LogP contribution is 2.16. The van der Waals surface area contributed by atoms with E-state index in [0.29, 0.717) is 25.3 Å². The third-order valence-electron chi connectivity index (χ3n) is 2.26. The van der Waals surface area contributed by atoms with E-state index in [9.17, 15) is 4.39 Å². The molecule has 0 aliphatic carbocycles. The molecule has 92 valence electrons. The lowest BCUT2D eigenvalue weighted by molar-refractivity contribution is 0.305. The summed E-state index contributed by atoms with van der Waals surface area (Å²) in [5, 5.41) is 11.3. The molecule has 1 rings (SSSR count). The zero-order valence-corrected chi connectivity index (χ0v) is 10.0. The van der Waals surface area contributed by atoms with Crippen LogP contribution in [0.15, 0.2) is 18.2 Å². The van der Waals surface area contributed by atoms with Gasteiger partial charge in [0.15, 0.2) is 0 Å². The van der Waals surface area contributed by atoms with Crippen LogP contribution in [0.1, 0.15) is 24.8 Å². The van der Waals surface area contributed by atoms with E-state index in [1.807, 2.05) is 13.1 Å². The summed E-state index contributed by atoms with van der Waals surface area (Å²) in [6.07, 6.45) is 2.16. The number of nitriles is 1. The van der Waals surface area contributed by atoms with Gasteiger partial charge in [0.1, 0.15) is 11.6 Å². The van der Waals surface area contributed by atoms with Crippen molar-refractivity contribution in [2.45, 2.75) is 25.8 Å². The smallest absolute Gasteiger partial charge is 0.127 e. The van der Waals surface area contributed by atoms with Crippen LogP contribution in [0.4, 0.5) is 4.39 Å². The molecule has 1 aromatic carbocycles. The summed E-state index contributed by atoms with van der Waals surface area (Å²) in [7, 11) is 1.81. The molecule has 17 heavy (non-hydrogen) atoms. The number of ether oxygens (including phenoxy) is 1. The van der Waals surface area contributed by atoms with Gasteiger partial charge in [-0.2, -0.15) is 5.26 Å². The first-order valence-corrected chi connectivity index (χ1v) is 5.70. The highest BCUT2D eigenvalue weighted by Gasteiger charge is 2.01. The topological polar surface area (TPSA) is 45.0 Å². The largest absolute Gasteiger partial charge is 0.493 e. The van der Waals surface area contributed by atoms with Crippen LogP contribution in [0.25, 0.3) is 0 Å². The van der Waals surface area contributed by atoms with Gasteiger partial charge >= 0.3 is 0 Å². The van der Waals surface area contributed by atoms with Crippen molar-refractivity contribution in [2.24, 2.45) is 0 Å². The molecule has 0 amide bonds. The maximum atomic E-state index is 13.2. The summed E-state index contributed by atoms with van der Waals surface area (Å²) in [4.78, 5) is 0. The minimum atomic E-state index is -0.287. The fraction of sp³-hybridized carbons (Fsp3) is 0.462. The monoisotopic (exact) mass is 236 g/mol. The molecular formula is C13H17FN2O. The van der Waals surface area contributed by atoms with E-state index in [1.165, 1.54) is 12.1 Å². The van der Waals surface area contributed by atoms with E-state index in [0.717, 1.165) is 18.4 Å². The van der Waals surface area contributed by atoms with Gasteiger partial charge in [-0.1, -0.05) is 0 Å². The molecule has 1 N–H and O–H groups in total. The molecule has 0 radical (unpaired) electrons. The normalized spacial score (nSPS) is 9.94. The molecular weight excluding hydrogens is 219 g/mol. The van der Waals surface area contributed by atoms with Crippen LogP contribution >= 0.6 is 0 Å². The van der Waals surface area contributed by atoms with Crippen LogP contribution in [0, 0.1) is 17.1 Å². The highest BCUT2D eigenvalue weighted by molar-refractivity contribution is 5.29. The lowest BCUT2D eigenvalue weighted by Crippen LogP contribution is -2.06. The molecule has 0 spiro atoms. The first-order chi connectivity index (χ1) is 8.26. The molecule has 0 aliphatic rings. The predicted molar refractivity (Wildman–Crippen MR) is 64.1 cm³/mol. The Morgan fingerprint density at radius 1 is 1.35 bits per heavy atom. The second-order valence-corrected chi connectivity index (χ2v) is 3.79. The van der Waals surface area contributed by atoms with Crippen LogP contribution in [0.3, 0.4) is 0 Å². The molecule has 0 fully saturated rings. The Bertz CT molecular complexity index is 387. The zero-order chi connectivity index (χ0) is 12.5. The van der Waals surface area contributed by atoms with E-state index < -0.39 is 0 Å². The summed E-state index contributed by atoms with van der Waals surface area (Å²) in [5.41, 5.74) is 0.861. The summed E-state index contributed by atoms with van der Waals surface area (Å²) < 4.78 is 18.7. The van der Waals surface area contributed by atoms with E-state index in [1.54, 1.807) is 0 Å². The fourth-order valence-electron chi connectivity index (χ4n) is 1.51. The van der Waals surface area contributed by atoms with Gasteiger partial charge < -0.3 is 10.1 Å². The minimum Gasteiger partial charge on any atom is -0.493 e. The van der Waals surface area contributed by atoms with Crippen molar-refractivity contribution < 1.29 is 9.13 Å². The lowest BCUT2D eigenvalue weighted by atomic mass is 10.2. The average molecular weight is 236 g/mol. The van der Waals surface area contributed by atoms with Gasteiger partial charge in [-0.3, -0.25) is 0 Å². The van der Waals surface area contributed by atoms with Crippen LogP contribution in [0.2, 0.25) is 0 Å². The predicted octanol–water partition coefficient (Wildman–Crippen LogP) is 2.62. The molecule has 1 aromatic rings. The number of hydrogen-bond acceptors (Lipinski definition) is 3. The van der Waals surface area contributed by atoms with Gasteiger partial charge in [0, 0.05) is 19.0 Å². The molecule has 0 bridgehead atoms. The first kappa shape index (κ1) is 13.5. The van der Waals surface area contributed by atoms with E-state index in [-0.39, 0.29) is 5.82 Å². The van der Waals surface area contributed by atoms with Gasteiger partial charge in [0.05, 0.1) is 12.7 Å². The number of nitrogens with zero attached hydrogens (tertiary/aromatic N) is 1. The van der Waals surface area contributed by atoms with Gasteiger partial charge in [0.2, 0.25) is 0 Å². The van der Waals surface area contributed by atoms with E-state index in [4.69, 9.17) is 10.00 Å². The standard InChI is InChI=1S/C13H17FN2O/c1-16-10-11-7-12(14)9-13(8-11)17-6-4-2-3-5-15/h7-9,16H,2-4,6,10H2,1H3. The van der Waals surface area contributed by atoms with Gasteiger partial charge in [-0.15, -0.1) is 0 Å². The highest BCUT2D eigenvalue weighted by atomic mass is 19.1. The third-order valence-corrected chi connectivity index (χ3v) is 2.26. The van der Waals surface area contributed by atoms with Gasteiger partial charge in [-0.25, -0.2) is 4.39 Å². The van der Waals surface area contributed by atoms with Crippen molar-refractivity contribution in [3.8, 4) is 11.8 Å². The number of benzene rings is 1. The molecule has 0 saturated carbocycles. The summed E-state index contributed by atoms with van der Waals surface area (Å²) >= 11 is 0. The number of unbranched alkanes of at least 4 members (excludes halogenated alkanes) is 2. The van der Waals surface area contributed by atoms with E-state index in [2.05, 4.69) is 11.4 Å². The van der Waals surface area contributed by atoms with Crippen molar-refractivity contribution in [1.29, 1.82) is 5.26 Å². The molecule has 0 saturated heterocycles. The zero-order valence-electron chi connectivity index (χ0n) is 10.0. The van der Waals surface area contributed by atoms with Crippen LogP contribution in [-0.2, 0) is 6.54 Å². The number of nitrogens with one attached hydrogen (secondary N) is 1. The molecule has 4 heteroatoms. The average Bonchev–Trinajstić information content (AvgIpc) is 2.28. The molecule has 0 aliphatic heterocycles. The maximum absolute atomic E-state index is 13.2. The van der Waals surface area contributed by atoms with Crippen LogP contribution in [0.5, 0.6) is 5.75 Å². The van der Waals surface area contributed by atoms with Gasteiger partial charge in [-0.05, 0) is 37.6 Å². The van der Waals surface area contributed by atoms with Crippen LogP contribution in [-0.4, -0.2) is 13.7 Å². The number of rotatable bonds is 7. The Balaban J connectivity index is 2.44. The minimum absolute atomic E-state index is 0.287. The van der Waals surface area contributed by atoms with Gasteiger partial charge in [0.25, 0.3) is 0 Å². The molecule has 0 atom stereocenters. The molecule has 0 aromatic heterocycles. The van der Waals surface area contributed by atoms with Crippen LogP contribution < -0.4 is 10.1 Å². The Morgan fingerprint density at radius 2 is 2.18 bits per heavy atom. The number of halogens is 1. The first-order valence-electron chi connectivity index (χ1n) is 5.70. The van der Waals surface area contributed by atoms with Crippen molar-refractivity contribution in [3.05, 3.63) is 29.6 Å². The summed E-state index contributed by atoms with van der Waals surface area (Å²) in [6.45, 7) is 1.13. The maximum Gasteiger partial charge on any atom is 0.127 e. The van der Waals surface area contributed by atoms with Crippen molar-refractivity contribution >= 4 is 0 Å². The Hall–Kier alpha value is -1.60. The lowest BCUT2D eigenvalue weighted by Gasteiger charge is -2.08. The Morgan fingerprint density at radius 3 is 2.88 bits per heavy atom.